The molecular formula is C18H29ClN2. The van der Waals surface area contributed by atoms with Crippen molar-refractivity contribution in [3.8, 4) is 0 Å². The quantitative estimate of drug-likeness (QED) is 0.782. The van der Waals surface area contributed by atoms with E-state index in [0.717, 1.165) is 31.2 Å². The second-order valence-corrected chi connectivity index (χ2v) is 7.39. The molecule has 0 spiro atoms. The highest BCUT2D eigenvalue weighted by Gasteiger charge is 2.24. The number of nitrogens with one attached hydrogen (secondary N) is 1. The van der Waals surface area contributed by atoms with Crippen LogP contribution in [0.2, 0.25) is 5.02 Å². The molecule has 2 nitrogen and oxygen atoms in total. The molecule has 0 atom stereocenters. The monoisotopic (exact) mass is 308 g/mol. The maximum Gasteiger partial charge on any atom is 0.0426 e. The molecule has 2 rings (SSSR count). The first-order valence-electron chi connectivity index (χ1n) is 8.26. The molecule has 0 aliphatic carbocycles. The fraction of sp³-hybridized carbons (Fsp3) is 0.667. The van der Waals surface area contributed by atoms with Crippen LogP contribution in [0.1, 0.15) is 52.0 Å². The molecule has 0 unspecified atom stereocenters. The minimum absolute atomic E-state index is 0.466. The van der Waals surface area contributed by atoms with Crippen molar-refractivity contribution >= 4 is 17.3 Å². The third-order valence-corrected chi connectivity index (χ3v) is 4.71. The zero-order valence-electron chi connectivity index (χ0n) is 13.7. The lowest BCUT2D eigenvalue weighted by Gasteiger charge is -2.27. The van der Waals surface area contributed by atoms with Gasteiger partial charge in [-0.3, -0.25) is 0 Å². The standard InChI is InChI=1S/C18H29ClN2/c1-4-10-20-14-15-6-7-16(19)13-17(15)21-11-5-8-18(2,3)9-12-21/h6-7,13,20H,4-5,8-12,14H2,1-3H3. The average molecular weight is 309 g/mol. The van der Waals surface area contributed by atoms with E-state index in [9.17, 15) is 0 Å². The molecule has 1 N–H and O–H groups in total. The van der Waals surface area contributed by atoms with Gasteiger partial charge in [-0.15, -0.1) is 0 Å². The summed E-state index contributed by atoms with van der Waals surface area (Å²) in [6.45, 7) is 11.2. The van der Waals surface area contributed by atoms with Crippen LogP contribution in [0.5, 0.6) is 0 Å². The van der Waals surface area contributed by atoms with Crippen LogP contribution in [0.3, 0.4) is 0 Å². The SMILES string of the molecule is CCCNCc1ccc(Cl)cc1N1CCCC(C)(C)CC1. The van der Waals surface area contributed by atoms with E-state index >= 15 is 0 Å². The van der Waals surface area contributed by atoms with E-state index in [2.05, 4.69) is 43.1 Å². The third kappa shape index (κ3) is 4.89. The Morgan fingerprint density at radius 1 is 1.24 bits per heavy atom. The van der Waals surface area contributed by atoms with Gasteiger partial charge in [0.25, 0.3) is 0 Å². The summed E-state index contributed by atoms with van der Waals surface area (Å²) in [5.41, 5.74) is 3.16. The average Bonchev–Trinajstić information content (AvgIpc) is 2.61. The summed E-state index contributed by atoms with van der Waals surface area (Å²) in [6.07, 6.45) is 5.00. The van der Waals surface area contributed by atoms with Crippen LogP contribution in [0.15, 0.2) is 18.2 Å². The highest BCUT2D eigenvalue weighted by Crippen LogP contribution is 2.33. The summed E-state index contributed by atoms with van der Waals surface area (Å²) >= 11 is 6.25. The zero-order chi connectivity index (χ0) is 15.3. The van der Waals surface area contributed by atoms with Crippen LogP contribution >= 0.6 is 11.6 Å². The summed E-state index contributed by atoms with van der Waals surface area (Å²) < 4.78 is 0. The topological polar surface area (TPSA) is 15.3 Å². The summed E-state index contributed by atoms with van der Waals surface area (Å²) in [5.74, 6) is 0. The smallest absolute Gasteiger partial charge is 0.0426 e. The zero-order valence-corrected chi connectivity index (χ0v) is 14.5. The van der Waals surface area contributed by atoms with Gasteiger partial charge in [0.05, 0.1) is 0 Å². The molecule has 1 aliphatic heterocycles. The van der Waals surface area contributed by atoms with Crippen LogP contribution in [0.25, 0.3) is 0 Å². The third-order valence-electron chi connectivity index (χ3n) is 4.47. The Hall–Kier alpha value is -0.730. The molecule has 1 heterocycles. The van der Waals surface area contributed by atoms with E-state index in [1.54, 1.807) is 0 Å². The molecule has 1 saturated heterocycles. The van der Waals surface area contributed by atoms with Crippen molar-refractivity contribution in [2.24, 2.45) is 5.41 Å². The van der Waals surface area contributed by atoms with Crippen molar-refractivity contribution in [2.75, 3.05) is 24.5 Å². The van der Waals surface area contributed by atoms with Crippen LogP contribution in [-0.2, 0) is 6.54 Å². The molecule has 1 aromatic rings. The second kappa shape index (κ2) is 7.51. The minimum Gasteiger partial charge on any atom is -0.371 e. The molecule has 0 radical (unpaired) electrons. The maximum absolute atomic E-state index is 6.25. The van der Waals surface area contributed by atoms with Crippen molar-refractivity contribution in [2.45, 2.75) is 53.0 Å². The number of rotatable bonds is 5. The van der Waals surface area contributed by atoms with Crippen molar-refractivity contribution in [1.82, 2.24) is 5.32 Å². The Balaban J connectivity index is 2.14. The van der Waals surface area contributed by atoms with Crippen molar-refractivity contribution < 1.29 is 0 Å². The van der Waals surface area contributed by atoms with Gasteiger partial charge >= 0.3 is 0 Å². The molecule has 118 valence electrons. The van der Waals surface area contributed by atoms with E-state index in [0.29, 0.717) is 5.41 Å². The summed E-state index contributed by atoms with van der Waals surface area (Å²) in [7, 11) is 0. The minimum atomic E-state index is 0.466. The Kier molecular flexibility index (Phi) is 5.95. The molecule has 0 amide bonds. The molecule has 3 heteroatoms. The lowest BCUT2D eigenvalue weighted by atomic mass is 9.85. The molecule has 1 fully saturated rings. The summed E-state index contributed by atoms with van der Waals surface area (Å²) in [4.78, 5) is 2.53. The van der Waals surface area contributed by atoms with Crippen LogP contribution in [0.4, 0.5) is 5.69 Å². The lowest BCUT2D eigenvalue weighted by molar-refractivity contribution is 0.325. The van der Waals surface area contributed by atoms with E-state index in [1.165, 1.54) is 36.9 Å². The first-order valence-corrected chi connectivity index (χ1v) is 8.64. The fourth-order valence-corrected chi connectivity index (χ4v) is 3.21. The number of hydrogen-bond acceptors (Lipinski definition) is 2. The molecule has 0 saturated carbocycles. The molecule has 0 bridgehead atoms. The van der Waals surface area contributed by atoms with E-state index in [4.69, 9.17) is 11.6 Å². The van der Waals surface area contributed by atoms with Gasteiger partial charge in [0.15, 0.2) is 0 Å². The molecule has 0 aromatic heterocycles. The number of benzene rings is 1. The van der Waals surface area contributed by atoms with Crippen LogP contribution < -0.4 is 10.2 Å². The van der Waals surface area contributed by atoms with Gasteiger partial charge in [0.2, 0.25) is 0 Å². The molecule has 21 heavy (non-hydrogen) atoms. The Morgan fingerprint density at radius 3 is 2.81 bits per heavy atom. The van der Waals surface area contributed by atoms with Gasteiger partial charge in [-0.1, -0.05) is 38.4 Å². The van der Waals surface area contributed by atoms with E-state index in [-0.39, 0.29) is 0 Å². The van der Waals surface area contributed by atoms with Crippen molar-refractivity contribution in [3.05, 3.63) is 28.8 Å². The highest BCUT2D eigenvalue weighted by atomic mass is 35.5. The Bertz CT molecular complexity index is 457. The van der Waals surface area contributed by atoms with Gasteiger partial charge < -0.3 is 10.2 Å². The van der Waals surface area contributed by atoms with E-state index in [1.807, 2.05) is 6.07 Å². The highest BCUT2D eigenvalue weighted by molar-refractivity contribution is 6.30. The van der Waals surface area contributed by atoms with Crippen LogP contribution in [0, 0.1) is 5.41 Å². The second-order valence-electron chi connectivity index (χ2n) is 6.95. The number of nitrogens with zero attached hydrogens (tertiary/aromatic N) is 1. The van der Waals surface area contributed by atoms with Crippen LogP contribution in [-0.4, -0.2) is 19.6 Å². The Labute approximate surface area is 134 Å². The van der Waals surface area contributed by atoms with Gasteiger partial charge in [0, 0.05) is 30.3 Å². The van der Waals surface area contributed by atoms with Crippen molar-refractivity contribution in [3.63, 3.8) is 0 Å². The normalized spacial score (nSPS) is 18.6. The number of anilines is 1. The first kappa shape index (κ1) is 16.6. The predicted molar refractivity (Wildman–Crippen MR) is 93.3 cm³/mol. The van der Waals surface area contributed by atoms with Gasteiger partial charge in [0.1, 0.15) is 0 Å². The number of halogens is 1. The summed E-state index contributed by atoms with van der Waals surface area (Å²) in [6, 6.07) is 6.33. The molecule has 1 aromatic carbocycles. The predicted octanol–water partition coefficient (Wildman–Crippen LogP) is 4.86. The largest absolute Gasteiger partial charge is 0.371 e. The maximum atomic E-state index is 6.25. The van der Waals surface area contributed by atoms with Gasteiger partial charge in [-0.2, -0.15) is 0 Å². The van der Waals surface area contributed by atoms with Crippen molar-refractivity contribution in [1.29, 1.82) is 0 Å². The first-order chi connectivity index (χ1) is 10.0. The fourth-order valence-electron chi connectivity index (χ4n) is 3.04. The van der Waals surface area contributed by atoms with Gasteiger partial charge in [-0.05, 0) is 55.3 Å². The molecular weight excluding hydrogens is 280 g/mol. The summed E-state index contributed by atoms with van der Waals surface area (Å²) in [5, 5.41) is 4.35. The number of hydrogen-bond donors (Lipinski definition) is 1. The Morgan fingerprint density at radius 2 is 2.05 bits per heavy atom. The molecule has 1 aliphatic rings. The van der Waals surface area contributed by atoms with Gasteiger partial charge in [-0.25, -0.2) is 0 Å². The lowest BCUT2D eigenvalue weighted by Crippen LogP contribution is -2.27. The van der Waals surface area contributed by atoms with E-state index < -0.39 is 0 Å².